The molecular formula is C18H25N3O2S. The van der Waals surface area contributed by atoms with Gasteiger partial charge >= 0.3 is 0 Å². The number of unbranched alkanes of at least 4 members (excludes halogenated alkanes) is 1. The van der Waals surface area contributed by atoms with E-state index in [2.05, 4.69) is 21.9 Å². The third-order valence-corrected chi connectivity index (χ3v) is 4.56. The molecule has 0 aliphatic heterocycles. The fourth-order valence-corrected chi connectivity index (χ4v) is 3.17. The summed E-state index contributed by atoms with van der Waals surface area (Å²) in [4.78, 5) is 27.1. The number of carbonyl (C=O) groups excluding carboxylic acids is 2. The Morgan fingerprint density at radius 2 is 2.04 bits per heavy atom. The first-order chi connectivity index (χ1) is 11.6. The van der Waals surface area contributed by atoms with Gasteiger partial charge in [-0.3, -0.25) is 9.59 Å². The minimum Gasteiger partial charge on any atom is -0.361 e. The van der Waals surface area contributed by atoms with E-state index in [9.17, 15) is 9.59 Å². The van der Waals surface area contributed by atoms with Crippen LogP contribution < -0.4 is 10.6 Å². The minimum absolute atomic E-state index is 0.125. The molecule has 1 aromatic heterocycles. The lowest BCUT2D eigenvalue weighted by atomic mass is 10.0. The van der Waals surface area contributed by atoms with Crippen LogP contribution in [0.2, 0.25) is 0 Å². The molecule has 24 heavy (non-hydrogen) atoms. The second-order valence-electron chi connectivity index (χ2n) is 5.81. The van der Waals surface area contributed by atoms with Crippen molar-refractivity contribution in [3.8, 4) is 0 Å². The molecule has 0 fully saturated rings. The summed E-state index contributed by atoms with van der Waals surface area (Å²) in [5, 5.41) is 6.78. The number of nitrogens with one attached hydrogen (secondary N) is 3. The molecule has 6 heteroatoms. The Labute approximate surface area is 147 Å². The average Bonchev–Trinajstić information content (AvgIpc) is 2.97. The van der Waals surface area contributed by atoms with Crippen molar-refractivity contribution in [2.45, 2.75) is 32.2 Å². The van der Waals surface area contributed by atoms with Gasteiger partial charge in [-0.15, -0.1) is 0 Å². The predicted molar refractivity (Wildman–Crippen MR) is 100 cm³/mol. The van der Waals surface area contributed by atoms with Crippen LogP contribution in [0.1, 0.15) is 25.3 Å². The number of hydrogen-bond donors (Lipinski definition) is 3. The molecule has 3 N–H and O–H groups in total. The molecule has 0 spiro atoms. The maximum absolute atomic E-state index is 12.4. The standard InChI is InChI=1S/C18H25N3O2S/c1-13(22)21-17(18(23)19-9-5-6-10-24-2)11-14-12-20-16-8-4-3-7-15(14)16/h3-4,7-8,12,17,20H,5-6,9-11H2,1-2H3,(H,19,23)(H,21,22). The zero-order chi connectivity index (χ0) is 17.4. The molecule has 0 bridgehead atoms. The molecule has 5 nitrogen and oxygen atoms in total. The van der Waals surface area contributed by atoms with E-state index in [0.717, 1.165) is 35.1 Å². The van der Waals surface area contributed by atoms with E-state index in [1.165, 1.54) is 6.92 Å². The molecule has 0 saturated heterocycles. The Bertz CT molecular complexity index is 684. The van der Waals surface area contributed by atoms with Crippen molar-refractivity contribution in [1.82, 2.24) is 15.6 Å². The molecule has 0 saturated carbocycles. The first-order valence-corrected chi connectivity index (χ1v) is 9.60. The van der Waals surface area contributed by atoms with E-state index >= 15 is 0 Å². The molecule has 1 heterocycles. The number of para-hydroxylation sites is 1. The maximum atomic E-state index is 12.4. The molecular weight excluding hydrogens is 322 g/mol. The zero-order valence-corrected chi connectivity index (χ0v) is 15.0. The van der Waals surface area contributed by atoms with Crippen LogP contribution in [-0.4, -0.2) is 41.4 Å². The van der Waals surface area contributed by atoms with Crippen molar-refractivity contribution in [3.05, 3.63) is 36.0 Å². The largest absolute Gasteiger partial charge is 0.361 e. The third-order valence-electron chi connectivity index (χ3n) is 3.87. The molecule has 130 valence electrons. The first kappa shape index (κ1) is 18.4. The molecule has 0 radical (unpaired) electrons. The van der Waals surface area contributed by atoms with E-state index in [4.69, 9.17) is 0 Å². The Kier molecular flexibility index (Phi) is 7.18. The van der Waals surface area contributed by atoms with Crippen molar-refractivity contribution in [3.63, 3.8) is 0 Å². The number of thioether (sulfide) groups is 1. The fourth-order valence-electron chi connectivity index (χ4n) is 2.68. The normalized spacial score (nSPS) is 12.1. The van der Waals surface area contributed by atoms with E-state index in [0.29, 0.717) is 13.0 Å². The number of rotatable bonds is 9. The molecule has 2 amide bonds. The van der Waals surface area contributed by atoms with Crippen LogP contribution in [0.25, 0.3) is 10.9 Å². The average molecular weight is 347 g/mol. The van der Waals surface area contributed by atoms with Crippen LogP contribution in [0.5, 0.6) is 0 Å². The number of aromatic amines is 1. The summed E-state index contributed by atoms with van der Waals surface area (Å²) >= 11 is 1.81. The molecule has 2 aromatic rings. The maximum Gasteiger partial charge on any atom is 0.242 e. The third kappa shape index (κ3) is 5.30. The molecule has 2 rings (SSSR count). The smallest absolute Gasteiger partial charge is 0.242 e. The number of aromatic nitrogens is 1. The highest BCUT2D eigenvalue weighted by Gasteiger charge is 2.21. The first-order valence-electron chi connectivity index (χ1n) is 8.20. The molecule has 1 atom stereocenters. The van der Waals surface area contributed by atoms with E-state index in [-0.39, 0.29) is 11.8 Å². The van der Waals surface area contributed by atoms with Gasteiger partial charge in [0.2, 0.25) is 11.8 Å². The van der Waals surface area contributed by atoms with Gasteiger partial charge in [0.1, 0.15) is 6.04 Å². The van der Waals surface area contributed by atoms with E-state index in [1.807, 2.05) is 30.5 Å². The van der Waals surface area contributed by atoms with Crippen LogP contribution in [0.15, 0.2) is 30.5 Å². The van der Waals surface area contributed by atoms with Crippen LogP contribution in [0, 0.1) is 0 Å². The van der Waals surface area contributed by atoms with Gasteiger partial charge in [-0.05, 0) is 36.5 Å². The summed E-state index contributed by atoms with van der Waals surface area (Å²) in [6, 6.07) is 7.40. The number of benzene rings is 1. The van der Waals surface area contributed by atoms with Gasteiger partial charge in [0, 0.05) is 37.0 Å². The van der Waals surface area contributed by atoms with Gasteiger partial charge < -0.3 is 15.6 Å². The highest BCUT2D eigenvalue weighted by atomic mass is 32.2. The zero-order valence-electron chi connectivity index (χ0n) is 14.2. The van der Waals surface area contributed by atoms with Crippen molar-refractivity contribution < 1.29 is 9.59 Å². The van der Waals surface area contributed by atoms with Gasteiger partial charge in [-0.25, -0.2) is 0 Å². The lowest BCUT2D eigenvalue weighted by Gasteiger charge is -2.17. The predicted octanol–water partition coefficient (Wildman–Crippen LogP) is 2.47. The number of fused-ring (bicyclic) bond motifs is 1. The van der Waals surface area contributed by atoms with Gasteiger partial charge in [0.05, 0.1) is 0 Å². The second kappa shape index (κ2) is 9.37. The quantitative estimate of drug-likeness (QED) is 0.610. The van der Waals surface area contributed by atoms with Gasteiger partial charge in [0.25, 0.3) is 0 Å². The van der Waals surface area contributed by atoms with Crippen LogP contribution in [0.3, 0.4) is 0 Å². The van der Waals surface area contributed by atoms with Crippen molar-refractivity contribution in [2.75, 3.05) is 18.6 Å². The van der Waals surface area contributed by atoms with Crippen molar-refractivity contribution in [1.29, 1.82) is 0 Å². The highest BCUT2D eigenvalue weighted by Crippen LogP contribution is 2.19. The van der Waals surface area contributed by atoms with E-state index < -0.39 is 6.04 Å². The van der Waals surface area contributed by atoms with Gasteiger partial charge in [0.15, 0.2) is 0 Å². The monoisotopic (exact) mass is 347 g/mol. The molecule has 1 unspecified atom stereocenters. The highest BCUT2D eigenvalue weighted by molar-refractivity contribution is 7.98. The number of carbonyl (C=O) groups is 2. The fraction of sp³-hybridized carbons (Fsp3) is 0.444. The second-order valence-corrected chi connectivity index (χ2v) is 6.79. The summed E-state index contributed by atoms with van der Waals surface area (Å²) < 4.78 is 0. The van der Waals surface area contributed by atoms with Gasteiger partial charge in [-0.1, -0.05) is 18.2 Å². The Balaban J connectivity index is 1.99. The molecule has 0 aliphatic carbocycles. The lowest BCUT2D eigenvalue weighted by molar-refractivity contribution is -0.128. The van der Waals surface area contributed by atoms with Crippen molar-refractivity contribution >= 4 is 34.5 Å². The summed E-state index contributed by atoms with van der Waals surface area (Å²) in [7, 11) is 0. The van der Waals surface area contributed by atoms with Crippen molar-refractivity contribution in [2.24, 2.45) is 0 Å². The Morgan fingerprint density at radius 3 is 2.79 bits per heavy atom. The number of amides is 2. The van der Waals surface area contributed by atoms with Crippen LogP contribution >= 0.6 is 11.8 Å². The molecule has 0 aliphatic rings. The van der Waals surface area contributed by atoms with Crippen LogP contribution in [0.4, 0.5) is 0 Å². The number of H-pyrrole nitrogens is 1. The summed E-state index contributed by atoms with van der Waals surface area (Å²) in [5.74, 6) is 0.775. The summed E-state index contributed by atoms with van der Waals surface area (Å²) in [6.07, 6.45) is 6.49. The SMILES string of the molecule is CSCCCCNC(=O)C(Cc1c[nH]c2ccccc12)NC(C)=O. The summed E-state index contributed by atoms with van der Waals surface area (Å²) in [5.41, 5.74) is 2.06. The minimum atomic E-state index is -0.553. The number of hydrogen-bond acceptors (Lipinski definition) is 3. The Hall–Kier alpha value is -1.95. The van der Waals surface area contributed by atoms with Crippen LogP contribution in [-0.2, 0) is 16.0 Å². The topological polar surface area (TPSA) is 74.0 Å². The summed E-state index contributed by atoms with van der Waals surface area (Å²) in [6.45, 7) is 2.08. The Morgan fingerprint density at radius 1 is 1.25 bits per heavy atom. The lowest BCUT2D eigenvalue weighted by Crippen LogP contribution is -2.47. The van der Waals surface area contributed by atoms with E-state index in [1.54, 1.807) is 11.8 Å². The molecule has 1 aromatic carbocycles. The van der Waals surface area contributed by atoms with Gasteiger partial charge in [-0.2, -0.15) is 11.8 Å².